The van der Waals surface area contributed by atoms with Gasteiger partial charge in [0.15, 0.2) is 17.1 Å². The molecule has 0 amide bonds. The Balaban J connectivity index is 1.60. The Kier molecular flexibility index (Phi) is 6.03. The standard InChI is InChI=1S/C37H30F2O4/c1-36(2)33-28(17-23(38)18-29(33)39)32-26-19-30(41-4)31(42-5)20-27(26)35-25(34(32)36)15-16-37(43-35,21-9-7-6-8-10-21)22-11-13-24(40-3)14-12-22/h6-20H,1-5H3. The van der Waals surface area contributed by atoms with Crippen LogP contribution in [0.1, 0.15) is 41.7 Å². The van der Waals surface area contributed by atoms with Crippen molar-refractivity contribution in [3.8, 4) is 34.1 Å². The maximum atomic E-state index is 15.6. The van der Waals surface area contributed by atoms with Crippen LogP contribution in [0.15, 0.2) is 84.9 Å². The first-order valence-corrected chi connectivity index (χ1v) is 14.1. The molecule has 0 saturated heterocycles. The number of hydrogen-bond donors (Lipinski definition) is 0. The Labute approximate surface area is 249 Å². The summed E-state index contributed by atoms with van der Waals surface area (Å²) in [4.78, 5) is 0. The Morgan fingerprint density at radius 2 is 1.35 bits per heavy atom. The van der Waals surface area contributed by atoms with Gasteiger partial charge in [0, 0.05) is 39.1 Å². The second-order valence-electron chi connectivity index (χ2n) is 11.4. The SMILES string of the molecule is COc1ccc(C2(c3ccccc3)C=Cc3c4c(c5cc(OC)c(OC)cc5c3O2)-c2cc(F)cc(F)c2C4(C)C)cc1. The van der Waals surface area contributed by atoms with Crippen molar-refractivity contribution in [2.45, 2.75) is 24.9 Å². The van der Waals surface area contributed by atoms with Gasteiger partial charge in [-0.2, -0.15) is 0 Å². The van der Waals surface area contributed by atoms with E-state index in [0.29, 0.717) is 28.4 Å². The van der Waals surface area contributed by atoms with Gasteiger partial charge in [-0.1, -0.05) is 62.4 Å². The summed E-state index contributed by atoms with van der Waals surface area (Å²) in [7, 11) is 4.79. The van der Waals surface area contributed by atoms with Crippen LogP contribution in [0.4, 0.5) is 8.78 Å². The normalized spacial score (nSPS) is 17.6. The fraction of sp³-hybridized carbons (Fsp3) is 0.189. The molecule has 6 heteroatoms. The van der Waals surface area contributed by atoms with Crippen LogP contribution in [0, 0.1) is 11.6 Å². The van der Waals surface area contributed by atoms with Gasteiger partial charge in [0.2, 0.25) is 0 Å². The van der Waals surface area contributed by atoms with Gasteiger partial charge in [0.25, 0.3) is 0 Å². The minimum Gasteiger partial charge on any atom is -0.497 e. The molecule has 0 N–H and O–H groups in total. The van der Waals surface area contributed by atoms with Crippen molar-refractivity contribution in [1.82, 2.24) is 0 Å². The molecule has 7 rings (SSSR count). The number of hydrogen-bond acceptors (Lipinski definition) is 4. The summed E-state index contributed by atoms with van der Waals surface area (Å²) in [5, 5.41) is 1.51. The van der Waals surface area contributed by atoms with Crippen molar-refractivity contribution in [1.29, 1.82) is 0 Å². The molecule has 0 bridgehead atoms. The average Bonchev–Trinajstić information content (AvgIpc) is 3.27. The smallest absolute Gasteiger partial charge is 0.178 e. The molecule has 1 unspecified atom stereocenters. The van der Waals surface area contributed by atoms with Gasteiger partial charge in [-0.15, -0.1) is 0 Å². The fourth-order valence-corrected chi connectivity index (χ4v) is 6.93. The van der Waals surface area contributed by atoms with E-state index >= 15 is 4.39 Å². The first-order valence-electron chi connectivity index (χ1n) is 14.1. The zero-order valence-corrected chi connectivity index (χ0v) is 24.5. The summed E-state index contributed by atoms with van der Waals surface area (Å²) in [5.74, 6) is 1.19. The third-order valence-electron chi connectivity index (χ3n) is 8.85. The van der Waals surface area contributed by atoms with Crippen LogP contribution in [-0.4, -0.2) is 21.3 Å². The van der Waals surface area contributed by atoms with Crippen molar-refractivity contribution in [3.05, 3.63) is 124 Å². The van der Waals surface area contributed by atoms with Crippen molar-refractivity contribution >= 4 is 16.8 Å². The van der Waals surface area contributed by atoms with E-state index in [1.165, 1.54) is 6.07 Å². The van der Waals surface area contributed by atoms with E-state index in [9.17, 15) is 4.39 Å². The van der Waals surface area contributed by atoms with Crippen LogP contribution in [-0.2, 0) is 11.0 Å². The molecule has 1 heterocycles. The molecular weight excluding hydrogens is 546 g/mol. The largest absolute Gasteiger partial charge is 0.497 e. The van der Waals surface area contributed by atoms with E-state index in [-0.39, 0.29) is 0 Å². The van der Waals surface area contributed by atoms with E-state index in [1.54, 1.807) is 21.3 Å². The lowest BCUT2D eigenvalue weighted by Gasteiger charge is -2.38. The summed E-state index contributed by atoms with van der Waals surface area (Å²) in [6.07, 6.45) is 4.11. The molecule has 0 fully saturated rings. The fourth-order valence-electron chi connectivity index (χ4n) is 6.93. The molecule has 4 nitrogen and oxygen atoms in total. The third kappa shape index (κ3) is 3.79. The van der Waals surface area contributed by atoms with Crippen molar-refractivity contribution < 1.29 is 27.7 Å². The van der Waals surface area contributed by atoms with E-state index in [1.807, 2.05) is 80.6 Å². The second-order valence-corrected chi connectivity index (χ2v) is 11.4. The predicted octanol–water partition coefficient (Wildman–Crippen LogP) is 8.80. The second kappa shape index (κ2) is 9.60. The van der Waals surface area contributed by atoms with Crippen LogP contribution in [0.5, 0.6) is 23.0 Å². The quantitative estimate of drug-likeness (QED) is 0.210. The lowest BCUT2D eigenvalue weighted by atomic mass is 9.76. The number of methoxy groups -OCH3 is 3. The molecule has 216 valence electrons. The Bertz CT molecular complexity index is 1940. The van der Waals surface area contributed by atoms with E-state index in [4.69, 9.17) is 18.9 Å². The van der Waals surface area contributed by atoms with Crippen LogP contribution >= 0.6 is 0 Å². The van der Waals surface area contributed by atoms with Crippen molar-refractivity contribution in [3.63, 3.8) is 0 Å². The molecule has 0 radical (unpaired) electrons. The topological polar surface area (TPSA) is 36.9 Å². The highest BCUT2D eigenvalue weighted by Gasteiger charge is 2.46. The lowest BCUT2D eigenvalue weighted by molar-refractivity contribution is 0.163. The van der Waals surface area contributed by atoms with Gasteiger partial charge in [-0.05, 0) is 58.5 Å². The molecule has 0 saturated carbocycles. The summed E-state index contributed by atoms with van der Waals surface area (Å²) in [5.41, 5.74) is 3.51. The molecule has 5 aromatic carbocycles. The number of fused-ring (bicyclic) bond motifs is 8. The first-order chi connectivity index (χ1) is 20.7. The Hall–Kier alpha value is -4.84. The van der Waals surface area contributed by atoms with E-state index < -0.39 is 22.7 Å². The highest BCUT2D eigenvalue weighted by Crippen LogP contribution is 2.59. The summed E-state index contributed by atoms with van der Waals surface area (Å²) < 4.78 is 54.4. The molecule has 1 aliphatic carbocycles. The van der Waals surface area contributed by atoms with Gasteiger partial charge in [-0.25, -0.2) is 8.78 Å². The van der Waals surface area contributed by atoms with Crippen LogP contribution < -0.4 is 18.9 Å². The highest BCUT2D eigenvalue weighted by atomic mass is 19.1. The molecule has 43 heavy (non-hydrogen) atoms. The van der Waals surface area contributed by atoms with E-state index in [2.05, 4.69) is 12.2 Å². The van der Waals surface area contributed by atoms with Gasteiger partial charge >= 0.3 is 0 Å². The maximum absolute atomic E-state index is 15.6. The molecule has 1 atom stereocenters. The van der Waals surface area contributed by atoms with Gasteiger partial charge in [0.05, 0.1) is 21.3 Å². The molecular formula is C37H30F2O4. The molecule has 0 spiro atoms. The Morgan fingerprint density at radius 1 is 0.698 bits per heavy atom. The number of rotatable bonds is 5. The van der Waals surface area contributed by atoms with Crippen LogP contribution in [0.25, 0.3) is 28.0 Å². The van der Waals surface area contributed by atoms with E-state index in [0.717, 1.165) is 50.4 Å². The maximum Gasteiger partial charge on any atom is 0.178 e. The van der Waals surface area contributed by atoms with Crippen LogP contribution in [0.3, 0.4) is 0 Å². The van der Waals surface area contributed by atoms with Crippen LogP contribution in [0.2, 0.25) is 0 Å². The third-order valence-corrected chi connectivity index (χ3v) is 8.85. The average molecular weight is 577 g/mol. The zero-order valence-electron chi connectivity index (χ0n) is 24.5. The lowest BCUT2D eigenvalue weighted by Crippen LogP contribution is -2.35. The summed E-state index contributed by atoms with van der Waals surface area (Å²) >= 11 is 0. The number of benzene rings is 5. The molecule has 1 aliphatic heterocycles. The van der Waals surface area contributed by atoms with Crippen molar-refractivity contribution in [2.75, 3.05) is 21.3 Å². The molecule has 0 aromatic heterocycles. The molecule has 5 aromatic rings. The Morgan fingerprint density at radius 3 is 2.00 bits per heavy atom. The summed E-state index contributed by atoms with van der Waals surface area (Å²) in [6.45, 7) is 3.95. The zero-order chi connectivity index (χ0) is 30.1. The van der Waals surface area contributed by atoms with Gasteiger partial charge < -0.3 is 18.9 Å². The summed E-state index contributed by atoms with van der Waals surface area (Å²) in [6, 6.07) is 24.0. The van der Waals surface area contributed by atoms with Gasteiger partial charge in [0.1, 0.15) is 23.1 Å². The first kappa shape index (κ1) is 27.0. The number of ether oxygens (including phenoxy) is 4. The minimum atomic E-state index is -0.984. The van der Waals surface area contributed by atoms with Crippen molar-refractivity contribution in [2.24, 2.45) is 0 Å². The monoisotopic (exact) mass is 576 g/mol. The predicted molar refractivity (Wildman–Crippen MR) is 164 cm³/mol. The van der Waals surface area contributed by atoms with Gasteiger partial charge in [-0.3, -0.25) is 0 Å². The minimum absolute atomic E-state index is 0.455. The molecule has 2 aliphatic rings. The number of halogens is 2. The highest BCUT2D eigenvalue weighted by molar-refractivity contribution is 6.09.